The summed E-state index contributed by atoms with van der Waals surface area (Å²) < 4.78 is 0. The van der Waals surface area contributed by atoms with Gasteiger partial charge in [-0.2, -0.15) is 0 Å². The second-order valence-corrected chi connectivity index (χ2v) is 5.22. The van der Waals surface area contributed by atoms with Gasteiger partial charge in [0.2, 0.25) is 0 Å². The van der Waals surface area contributed by atoms with Crippen LogP contribution >= 0.6 is 0 Å². The van der Waals surface area contributed by atoms with Gasteiger partial charge in [-0.1, -0.05) is 45.0 Å². The molecule has 0 unspecified atom stereocenters. The summed E-state index contributed by atoms with van der Waals surface area (Å²) in [5, 5.41) is 8.64. The maximum Gasteiger partial charge on any atom is 0.0982 e. The van der Waals surface area contributed by atoms with Crippen LogP contribution in [0.15, 0.2) is 29.3 Å². The minimum Gasteiger partial charge on any atom is -0.394 e. The fraction of sp³-hybridized carbons (Fsp3) is 0.500. The van der Waals surface area contributed by atoms with Crippen molar-refractivity contribution in [2.45, 2.75) is 32.6 Å². The second-order valence-electron chi connectivity index (χ2n) is 5.22. The molecule has 3 nitrogen and oxygen atoms in total. The lowest BCUT2D eigenvalue weighted by Gasteiger charge is -2.19. The van der Waals surface area contributed by atoms with E-state index in [4.69, 9.17) is 10.8 Å². The Morgan fingerprint density at radius 3 is 2.29 bits per heavy atom. The van der Waals surface area contributed by atoms with Crippen molar-refractivity contribution in [2.75, 3.05) is 13.2 Å². The van der Waals surface area contributed by atoms with Crippen LogP contribution in [0.25, 0.3) is 0 Å². The van der Waals surface area contributed by atoms with E-state index in [0.29, 0.717) is 18.8 Å². The maximum atomic E-state index is 8.64. The van der Waals surface area contributed by atoms with E-state index in [1.54, 1.807) is 0 Å². The molecule has 0 saturated heterocycles. The zero-order valence-corrected chi connectivity index (χ0v) is 10.9. The number of benzene rings is 1. The monoisotopic (exact) mass is 234 g/mol. The van der Waals surface area contributed by atoms with Gasteiger partial charge in [0, 0.05) is 6.42 Å². The van der Waals surface area contributed by atoms with Crippen molar-refractivity contribution in [3.05, 3.63) is 35.4 Å². The molecule has 0 heterocycles. The standard InChI is InChI=1S/C14H22N2O/c1-14(2,3)12-6-4-11(5-7-12)10-13(15)16-8-9-17/h4-7,17H,8-10H2,1-3H3,(H2,15,16). The van der Waals surface area contributed by atoms with Gasteiger partial charge in [-0.25, -0.2) is 0 Å². The van der Waals surface area contributed by atoms with Crippen molar-refractivity contribution >= 4 is 5.84 Å². The van der Waals surface area contributed by atoms with Crippen LogP contribution in [0.5, 0.6) is 0 Å². The van der Waals surface area contributed by atoms with E-state index in [-0.39, 0.29) is 12.0 Å². The third-order valence-electron chi connectivity index (χ3n) is 2.62. The van der Waals surface area contributed by atoms with Gasteiger partial charge in [0.25, 0.3) is 0 Å². The van der Waals surface area contributed by atoms with Crippen LogP contribution < -0.4 is 5.73 Å². The zero-order chi connectivity index (χ0) is 12.9. The first-order valence-electron chi connectivity index (χ1n) is 5.92. The Morgan fingerprint density at radius 1 is 1.24 bits per heavy atom. The van der Waals surface area contributed by atoms with Crippen molar-refractivity contribution in [3.8, 4) is 0 Å². The molecule has 0 aliphatic rings. The molecule has 1 aromatic rings. The molecule has 0 aliphatic carbocycles. The first-order valence-corrected chi connectivity index (χ1v) is 5.92. The van der Waals surface area contributed by atoms with Crippen molar-refractivity contribution in [3.63, 3.8) is 0 Å². The molecule has 0 spiro atoms. The number of aliphatic hydroxyl groups is 1. The Morgan fingerprint density at radius 2 is 1.82 bits per heavy atom. The Hall–Kier alpha value is -1.35. The summed E-state index contributed by atoms with van der Waals surface area (Å²) in [5.74, 6) is 0.572. The molecule has 0 bridgehead atoms. The number of aliphatic hydroxyl groups excluding tert-OH is 1. The fourth-order valence-corrected chi connectivity index (χ4v) is 1.58. The second kappa shape index (κ2) is 5.82. The Balaban J connectivity index is 2.69. The average Bonchev–Trinajstić information content (AvgIpc) is 2.26. The molecule has 94 valence electrons. The van der Waals surface area contributed by atoms with E-state index in [9.17, 15) is 0 Å². The van der Waals surface area contributed by atoms with Crippen LogP contribution in [0, 0.1) is 0 Å². The third-order valence-corrected chi connectivity index (χ3v) is 2.62. The highest BCUT2D eigenvalue weighted by Crippen LogP contribution is 2.22. The molecule has 0 amide bonds. The lowest BCUT2D eigenvalue weighted by Crippen LogP contribution is -2.16. The van der Waals surface area contributed by atoms with E-state index < -0.39 is 0 Å². The highest BCUT2D eigenvalue weighted by Gasteiger charge is 2.12. The summed E-state index contributed by atoms with van der Waals surface area (Å²) in [4.78, 5) is 4.05. The van der Waals surface area contributed by atoms with Crippen LogP contribution in [-0.4, -0.2) is 24.1 Å². The van der Waals surface area contributed by atoms with Gasteiger partial charge in [0.05, 0.1) is 19.0 Å². The number of hydrogen-bond donors (Lipinski definition) is 2. The summed E-state index contributed by atoms with van der Waals surface area (Å²) in [6.07, 6.45) is 0.643. The first-order chi connectivity index (χ1) is 7.93. The van der Waals surface area contributed by atoms with Gasteiger partial charge in [0.15, 0.2) is 0 Å². The highest BCUT2D eigenvalue weighted by molar-refractivity contribution is 5.82. The minimum absolute atomic E-state index is 0.0453. The summed E-state index contributed by atoms with van der Waals surface area (Å²) >= 11 is 0. The number of hydrogen-bond acceptors (Lipinski definition) is 2. The van der Waals surface area contributed by atoms with Crippen molar-refractivity contribution in [1.29, 1.82) is 0 Å². The van der Waals surface area contributed by atoms with E-state index in [2.05, 4.69) is 50.0 Å². The average molecular weight is 234 g/mol. The molecule has 0 atom stereocenters. The van der Waals surface area contributed by atoms with Gasteiger partial charge in [-0.05, 0) is 16.5 Å². The number of rotatable bonds is 4. The van der Waals surface area contributed by atoms with Crippen LogP contribution in [0.4, 0.5) is 0 Å². The fourth-order valence-electron chi connectivity index (χ4n) is 1.58. The predicted molar refractivity (Wildman–Crippen MR) is 72.4 cm³/mol. The van der Waals surface area contributed by atoms with E-state index in [0.717, 1.165) is 5.56 Å². The molecule has 0 fully saturated rings. The van der Waals surface area contributed by atoms with E-state index in [1.165, 1.54) is 5.56 Å². The highest BCUT2D eigenvalue weighted by atomic mass is 16.3. The molecule has 1 rings (SSSR count). The SMILES string of the molecule is CC(C)(C)c1ccc(C/C(N)=N/CCO)cc1. The number of aliphatic imine (C=N–C) groups is 1. The maximum absolute atomic E-state index is 8.64. The molecular formula is C14H22N2O. The van der Waals surface area contributed by atoms with Crippen molar-refractivity contribution in [1.82, 2.24) is 0 Å². The summed E-state index contributed by atoms with van der Waals surface area (Å²) in [5.41, 5.74) is 8.39. The smallest absolute Gasteiger partial charge is 0.0982 e. The Kier molecular flexibility index (Phi) is 4.70. The zero-order valence-electron chi connectivity index (χ0n) is 10.9. The van der Waals surface area contributed by atoms with Gasteiger partial charge >= 0.3 is 0 Å². The van der Waals surface area contributed by atoms with Gasteiger partial charge in [-0.3, -0.25) is 4.99 Å². The van der Waals surface area contributed by atoms with Crippen molar-refractivity contribution in [2.24, 2.45) is 10.7 Å². The predicted octanol–water partition coefficient (Wildman–Crippen LogP) is 1.88. The summed E-state index contributed by atoms with van der Waals surface area (Å²) in [7, 11) is 0. The third kappa shape index (κ3) is 4.57. The molecule has 1 aromatic carbocycles. The van der Waals surface area contributed by atoms with E-state index >= 15 is 0 Å². The normalized spacial score (nSPS) is 12.8. The Bertz CT molecular complexity index is 374. The minimum atomic E-state index is 0.0453. The lowest BCUT2D eigenvalue weighted by molar-refractivity contribution is 0.307. The molecule has 0 aromatic heterocycles. The molecule has 0 saturated carbocycles. The molecular weight excluding hydrogens is 212 g/mol. The molecule has 17 heavy (non-hydrogen) atoms. The number of nitrogens with zero attached hydrogens (tertiary/aromatic N) is 1. The molecule has 3 N–H and O–H groups in total. The largest absolute Gasteiger partial charge is 0.394 e. The Labute approximate surface area is 103 Å². The number of amidine groups is 1. The molecule has 0 aliphatic heterocycles. The molecule has 0 radical (unpaired) electrons. The lowest BCUT2D eigenvalue weighted by atomic mass is 9.86. The van der Waals surface area contributed by atoms with Crippen molar-refractivity contribution < 1.29 is 5.11 Å². The van der Waals surface area contributed by atoms with Crippen LogP contribution in [0.3, 0.4) is 0 Å². The van der Waals surface area contributed by atoms with Gasteiger partial charge in [-0.15, -0.1) is 0 Å². The topological polar surface area (TPSA) is 58.6 Å². The number of nitrogens with two attached hydrogens (primary N) is 1. The van der Waals surface area contributed by atoms with Gasteiger partial charge in [0.1, 0.15) is 0 Å². The quantitative estimate of drug-likeness (QED) is 0.617. The van der Waals surface area contributed by atoms with Crippen LogP contribution in [0.1, 0.15) is 31.9 Å². The van der Waals surface area contributed by atoms with Crippen LogP contribution in [-0.2, 0) is 11.8 Å². The van der Waals surface area contributed by atoms with Gasteiger partial charge < -0.3 is 10.8 Å². The van der Waals surface area contributed by atoms with E-state index in [1.807, 2.05) is 0 Å². The van der Waals surface area contributed by atoms with Crippen LogP contribution in [0.2, 0.25) is 0 Å². The summed E-state index contributed by atoms with van der Waals surface area (Å²) in [6, 6.07) is 8.44. The first kappa shape index (κ1) is 13.7. The molecule has 3 heteroatoms. The summed E-state index contributed by atoms with van der Waals surface area (Å²) in [6.45, 7) is 7.01.